The van der Waals surface area contributed by atoms with Crippen LogP contribution in [-0.4, -0.2) is 31.1 Å². The molecule has 1 unspecified atom stereocenters. The fourth-order valence-electron chi connectivity index (χ4n) is 3.34. The average molecular weight is 298 g/mol. The summed E-state index contributed by atoms with van der Waals surface area (Å²) in [6, 6.07) is 13.7. The fourth-order valence-corrected chi connectivity index (χ4v) is 3.34. The van der Waals surface area contributed by atoms with E-state index in [9.17, 15) is 4.39 Å². The molecule has 0 bridgehead atoms. The van der Waals surface area contributed by atoms with Crippen molar-refractivity contribution in [2.75, 3.05) is 26.2 Å². The molecule has 3 rings (SSSR count). The maximum Gasteiger partial charge on any atom is 0.123 e. The zero-order chi connectivity index (χ0) is 15.5. The molecule has 1 fully saturated rings. The predicted molar refractivity (Wildman–Crippen MR) is 88.6 cm³/mol. The zero-order valence-electron chi connectivity index (χ0n) is 13.3. The summed E-state index contributed by atoms with van der Waals surface area (Å²) in [5.74, 6) is -0.164. The van der Waals surface area contributed by atoms with Crippen molar-refractivity contribution in [3.8, 4) is 0 Å². The molecule has 22 heavy (non-hydrogen) atoms. The van der Waals surface area contributed by atoms with Gasteiger partial charge in [0.25, 0.3) is 0 Å². The van der Waals surface area contributed by atoms with Gasteiger partial charge in [0.2, 0.25) is 0 Å². The topological polar surface area (TPSA) is 15.3 Å². The van der Waals surface area contributed by atoms with E-state index in [1.54, 1.807) is 6.07 Å². The third kappa shape index (κ3) is 3.21. The molecule has 1 aliphatic heterocycles. The molecule has 0 radical (unpaired) electrons. The van der Waals surface area contributed by atoms with Gasteiger partial charge in [0.1, 0.15) is 5.82 Å². The highest BCUT2D eigenvalue weighted by atomic mass is 19.1. The van der Waals surface area contributed by atoms with Gasteiger partial charge in [-0.3, -0.25) is 4.90 Å². The minimum Gasteiger partial charge on any atom is -0.314 e. The minimum absolute atomic E-state index is 0.124. The second-order valence-electron chi connectivity index (χ2n) is 6.10. The zero-order valence-corrected chi connectivity index (χ0v) is 13.3. The molecule has 0 saturated carbocycles. The van der Waals surface area contributed by atoms with E-state index in [-0.39, 0.29) is 11.9 Å². The normalized spacial score (nSPS) is 17.4. The lowest BCUT2D eigenvalue weighted by molar-refractivity contribution is 0.197. The van der Waals surface area contributed by atoms with Gasteiger partial charge in [-0.05, 0) is 42.7 Å². The molecule has 0 aliphatic carbocycles. The third-order valence-electron chi connectivity index (χ3n) is 4.40. The number of piperazine rings is 1. The van der Waals surface area contributed by atoms with Gasteiger partial charge in [-0.15, -0.1) is 0 Å². The minimum atomic E-state index is -0.164. The van der Waals surface area contributed by atoms with Gasteiger partial charge in [-0.25, -0.2) is 4.39 Å². The Morgan fingerprint density at radius 1 is 1.05 bits per heavy atom. The summed E-state index contributed by atoms with van der Waals surface area (Å²) in [7, 11) is 0. The Kier molecular flexibility index (Phi) is 4.55. The van der Waals surface area contributed by atoms with Crippen molar-refractivity contribution in [1.82, 2.24) is 10.2 Å². The van der Waals surface area contributed by atoms with Crippen molar-refractivity contribution in [3.63, 3.8) is 0 Å². The van der Waals surface area contributed by atoms with Crippen LogP contribution in [-0.2, 0) is 0 Å². The van der Waals surface area contributed by atoms with Crippen molar-refractivity contribution in [1.29, 1.82) is 0 Å². The molecule has 0 spiro atoms. The molecule has 0 amide bonds. The lowest BCUT2D eigenvalue weighted by atomic mass is 9.92. The van der Waals surface area contributed by atoms with E-state index >= 15 is 0 Å². The SMILES string of the molecule is Cc1ccc(C(c2cccc(F)c2)N2CCNCC2)c(C)c1. The average Bonchev–Trinajstić information content (AvgIpc) is 2.51. The molecule has 1 aliphatic rings. The summed E-state index contributed by atoms with van der Waals surface area (Å²) >= 11 is 0. The Hall–Kier alpha value is -1.71. The molecule has 2 aromatic carbocycles. The van der Waals surface area contributed by atoms with Crippen molar-refractivity contribution in [2.45, 2.75) is 19.9 Å². The van der Waals surface area contributed by atoms with Crippen LogP contribution in [0.15, 0.2) is 42.5 Å². The second kappa shape index (κ2) is 6.59. The summed E-state index contributed by atoms with van der Waals surface area (Å²) in [5.41, 5.74) is 4.85. The molecular formula is C19H23FN2. The summed E-state index contributed by atoms with van der Waals surface area (Å²) in [6.45, 7) is 8.19. The number of aryl methyl sites for hydroxylation is 2. The van der Waals surface area contributed by atoms with Gasteiger partial charge in [-0.2, -0.15) is 0 Å². The van der Waals surface area contributed by atoms with Gasteiger partial charge in [0, 0.05) is 26.2 Å². The number of benzene rings is 2. The van der Waals surface area contributed by atoms with Gasteiger partial charge in [-0.1, -0.05) is 35.9 Å². The van der Waals surface area contributed by atoms with Gasteiger partial charge < -0.3 is 5.32 Å². The lowest BCUT2D eigenvalue weighted by Crippen LogP contribution is -2.45. The van der Waals surface area contributed by atoms with E-state index in [1.807, 2.05) is 12.1 Å². The van der Waals surface area contributed by atoms with Crippen LogP contribution in [0.1, 0.15) is 28.3 Å². The van der Waals surface area contributed by atoms with Crippen LogP contribution in [0, 0.1) is 19.7 Å². The van der Waals surface area contributed by atoms with Crippen LogP contribution in [0.2, 0.25) is 0 Å². The van der Waals surface area contributed by atoms with Crippen LogP contribution >= 0.6 is 0 Å². The van der Waals surface area contributed by atoms with Crippen LogP contribution in [0.3, 0.4) is 0 Å². The summed E-state index contributed by atoms with van der Waals surface area (Å²) in [5, 5.41) is 3.39. The quantitative estimate of drug-likeness (QED) is 0.934. The predicted octanol–water partition coefficient (Wildman–Crippen LogP) is 3.44. The van der Waals surface area contributed by atoms with Crippen LogP contribution < -0.4 is 5.32 Å². The van der Waals surface area contributed by atoms with Gasteiger partial charge in [0.05, 0.1) is 6.04 Å². The first-order valence-corrected chi connectivity index (χ1v) is 7.92. The molecule has 2 nitrogen and oxygen atoms in total. The summed E-state index contributed by atoms with van der Waals surface area (Å²) < 4.78 is 13.7. The van der Waals surface area contributed by atoms with Crippen LogP contribution in [0.4, 0.5) is 4.39 Å². The molecular weight excluding hydrogens is 275 g/mol. The first-order chi connectivity index (χ1) is 10.6. The van der Waals surface area contributed by atoms with Crippen molar-refractivity contribution in [3.05, 3.63) is 70.5 Å². The molecule has 3 heteroatoms. The number of halogens is 1. The van der Waals surface area contributed by atoms with E-state index in [2.05, 4.69) is 42.3 Å². The fraction of sp³-hybridized carbons (Fsp3) is 0.368. The van der Waals surface area contributed by atoms with Gasteiger partial charge >= 0.3 is 0 Å². The highest BCUT2D eigenvalue weighted by molar-refractivity contribution is 5.39. The lowest BCUT2D eigenvalue weighted by Gasteiger charge is -2.36. The maximum atomic E-state index is 13.7. The monoisotopic (exact) mass is 298 g/mol. The van der Waals surface area contributed by atoms with E-state index in [4.69, 9.17) is 0 Å². The Balaban J connectivity index is 2.05. The Morgan fingerprint density at radius 2 is 1.82 bits per heavy atom. The van der Waals surface area contributed by atoms with Gasteiger partial charge in [0.15, 0.2) is 0 Å². The molecule has 0 aromatic heterocycles. The van der Waals surface area contributed by atoms with Crippen LogP contribution in [0.5, 0.6) is 0 Å². The summed E-state index contributed by atoms with van der Waals surface area (Å²) in [6.07, 6.45) is 0. The van der Waals surface area contributed by atoms with Crippen molar-refractivity contribution in [2.24, 2.45) is 0 Å². The molecule has 2 aromatic rings. The number of rotatable bonds is 3. The molecule has 116 valence electrons. The molecule has 1 atom stereocenters. The number of nitrogens with one attached hydrogen (secondary N) is 1. The smallest absolute Gasteiger partial charge is 0.123 e. The Bertz CT molecular complexity index is 648. The first-order valence-electron chi connectivity index (χ1n) is 7.92. The summed E-state index contributed by atoms with van der Waals surface area (Å²) in [4.78, 5) is 2.45. The standard InChI is InChI=1S/C19H23FN2/c1-14-6-7-18(15(2)12-14)19(22-10-8-21-9-11-22)16-4-3-5-17(20)13-16/h3-7,12-13,19,21H,8-11H2,1-2H3. The largest absolute Gasteiger partial charge is 0.314 e. The highest BCUT2D eigenvalue weighted by Crippen LogP contribution is 2.31. The van der Waals surface area contributed by atoms with E-state index < -0.39 is 0 Å². The Morgan fingerprint density at radius 3 is 2.50 bits per heavy atom. The first kappa shape index (κ1) is 15.2. The molecule has 1 heterocycles. The van der Waals surface area contributed by atoms with Crippen molar-refractivity contribution < 1.29 is 4.39 Å². The van der Waals surface area contributed by atoms with E-state index in [0.29, 0.717) is 0 Å². The van der Waals surface area contributed by atoms with Crippen LogP contribution in [0.25, 0.3) is 0 Å². The number of hydrogen-bond acceptors (Lipinski definition) is 2. The van der Waals surface area contributed by atoms with Crippen molar-refractivity contribution >= 4 is 0 Å². The second-order valence-corrected chi connectivity index (χ2v) is 6.10. The molecule has 1 N–H and O–H groups in total. The Labute approximate surface area is 132 Å². The molecule has 1 saturated heterocycles. The number of nitrogens with zero attached hydrogens (tertiary/aromatic N) is 1. The maximum absolute atomic E-state index is 13.7. The van der Waals surface area contributed by atoms with E-state index in [0.717, 1.165) is 31.7 Å². The number of hydrogen-bond donors (Lipinski definition) is 1. The third-order valence-corrected chi connectivity index (χ3v) is 4.40. The highest BCUT2D eigenvalue weighted by Gasteiger charge is 2.25. The van der Waals surface area contributed by atoms with E-state index in [1.165, 1.54) is 22.8 Å².